The Morgan fingerprint density at radius 2 is 1.42 bits per heavy atom. The van der Waals surface area contributed by atoms with Crippen LogP contribution in [0, 0.1) is 5.92 Å². The minimum Gasteiger partial charge on any atom is -0.481 e. The Labute approximate surface area is 159 Å². The molecule has 0 spiro atoms. The molecule has 5 heteroatoms. The van der Waals surface area contributed by atoms with Crippen molar-refractivity contribution in [3.8, 4) is 0 Å². The minimum absolute atomic E-state index is 0.0175. The lowest BCUT2D eigenvalue weighted by Crippen LogP contribution is -2.31. The summed E-state index contributed by atoms with van der Waals surface area (Å²) in [5.41, 5.74) is 0. The molecule has 0 saturated heterocycles. The number of amides is 1. The van der Waals surface area contributed by atoms with E-state index in [9.17, 15) is 14.7 Å². The van der Waals surface area contributed by atoms with Gasteiger partial charge in [-0.2, -0.15) is 0 Å². The molecule has 0 aromatic carbocycles. The van der Waals surface area contributed by atoms with E-state index in [0.29, 0.717) is 13.0 Å². The van der Waals surface area contributed by atoms with E-state index in [0.717, 1.165) is 64.2 Å². The second-order valence-corrected chi connectivity index (χ2v) is 7.42. The Bertz CT molecular complexity index is 360. The van der Waals surface area contributed by atoms with Crippen LogP contribution < -0.4 is 5.32 Å². The Morgan fingerprint density at radius 1 is 0.808 bits per heavy atom. The summed E-state index contributed by atoms with van der Waals surface area (Å²) < 4.78 is 0. The summed E-state index contributed by atoms with van der Waals surface area (Å²) in [7, 11) is 0. The molecule has 0 radical (unpaired) electrons. The molecule has 0 saturated carbocycles. The van der Waals surface area contributed by atoms with E-state index in [-0.39, 0.29) is 24.3 Å². The molecule has 0 heterocycles. The lowest BCUT2D eigenvalue weighted by molar-refractivity contribution is -0.137. The van der Waals surface area contributed by atoms with Gasteiger partial charge in [-0.05, 0) is 38.5 Å². The fraction of sp³-hybridized carbons (Fsp3) is 0.905. The zero-order valence-corrected chi connectivity index (χ0v) is 17.0. The van der Waals surface area contributed by atoms with Gasteiger partial charge in [-0.1, -0.05) is 58.8 Å². The highest BCUT2D eigenvalue weighted by Gasteiger charge is 2.18. The smallest absolute Gasteiger partial charge is 0.303 e. The first-order chi connectivity index (χ1) is 12.5. The number of aliphatic carboxylic acids is 1. The van der Waals surface area contributed by atoms with Crippen LogP contribution in [0.1, 0.15) is 104 Å². The summed E-state index contributed by atoms with van der Waals surface area (Å²) in [6, 6.07) is 0. The highest BCUT2D eigenvalue weighted by Crippen LogP contribution is 2.20. The van der Waals surface area contributed by atoms with E-state index >= 15 is 0 Å². The van der Waals surface area contributed by atoms with Crippen LogP contribution >= 0.6 is 0 Å². The zero-order chi connectivity index (χ0) is 19.6. The van der Waals surface area contributed by atoms with E-state index in [2.05, 4.69) is 12.2 Å². The maximum Gasteiger partial charge on any atom is 0.303 e. The average Bonchev–Trinajstić information content (AvgIpc) is 2.60. The molecule has 154 valence electrons. The number of carbonyl (C=O) groups excluding carboxylic acids is 1. The molecule has 2 atom stereocenters. The first kappa shape index (κ1) is 24.9. The van der Waals surface area contributed by atoms with Crippen molar-refractivity contribution in [1.29, 1.82) is 0 Å². The topological polar surface area (TPSA) is 86.6 Å². The Morgan fingerprint density at radius 3 is 2.08 bits per heavy atom. The summed E-state index contributed by atoms with van der Waals surface area (Å²) in [4.78, 5) is 22.9. The number of nitrogens with one attached hydrogen (secondary N) is 1. The Balaban J connectivity index is 4.09. The largest absolute Gasteiger partial charge is 0.481 e. The van der Waals surface area contributed by atoms with Gasteiger partial charge >= 0.3 is 5.97 Å². The molecule has 0 aromatic heterocycles. The van der Waals surface area contributed by atoms with Crippen LogP contribution in [0.25, 0.3) is 0 Å². The molecule has 0 aliphatic carbocycles. The monoisotopic (exact) mass is 371 g/mol. The third-order valence-electron chi connectivity index (χ3n) is 4.84. The maximum atomic E-state index is 12.3. The maximum absolute atomic E-state index is 12.3. The molecule has 0 aliphatic heterocycles. The van der Waals surface area contributed by atoms with E-state index in [1.165, 1.54) is 12.8 Å². The summed E-state index contributed by atoms with van der Waals surface area (Å²) >= 11 is 0. The second-order valence-electron chi connectivity index (χ2n) is 7.42. The number of aliphatic hydroxyl groups excluding tert-OH is 1. The summed E-state index contributed by atoms with van der Waals surface area (Å²) in [6.07, 6.45) is 12.1. The van der Waals surface area contributed by atoms with Gasteiger partial charge in [-0.15, -0.1) is 0 Å². The molecule has 0 bridgehead atoms. The molecule has 0 rings (SSSR count). The Kier molecular flexibility index (Phi) is 16.6. The van der Waals surface area contributed by atoms with Gasteiger partial charge in [0.05, 0.1) is 6.10 Å². The number of rotatable bonds is 18. The standard InChI is InChI=1S/C21H41NO4/c1-3-5-8-14-19(23)15-11-13-18(21(26)22-17-4-2)12-9-6-7-10-16-20(24)25/h18-19,23H,3-17H2,1-2H3,(H,22,26)(H,24,25). The van der Waals surface area contributed by atoms with Gasteiger partial charge in [0, 0.05) is 18.9 Å². The first-order valence-corrected chi connectivity index (χ1v) is 10.7. The van der Waals surface area contributed by atoms with Gasteiger partial charge in [0.1, 0.15) is 0 Å². The van der Waals surface area contributed by atoms with E-state index in [1.807, 2.05) is 6.92 Å². The van der Waals surface area contributed by atoms with Gasteiger partial charge in [-0.3, -0.25) is 9.59 Å². The quantitative estimate of drug-likeness (QED) is 0.306. The number of hydrogen-bond acceptors (Lipinski definition) is 3. The summed E-state index contributed by atoms with van der Waals surface area (Å²) in [5.74, 6) is -0.582. The molecule has 0 fully saturated rings. The van der Waals surface area contributed by atoms with Gasteiger partial charge in [0.25, 0.3) is 0 Å². The first-order valence-electron chi connectivity index (χ1n) is 10.7. The SMILES string of the molecule is CCCCCC(O)CCCC(CCCCCCC(=O)O)C(=O)NCCC. The van der Waals surface area contributed by atoms with Crippen LogP contribution in [0.15, 0.2) is 0 Å². The molecule has 3 N–H and O–H groups in total. The molecule has 2 unspecified atom stereocenters. The number of carbonyl (C=O) groups is 2. The fourth-order valence-electron chi connectivity index (χ4n) is 3.19. The van der Waals surface area contributed by atoms with Crippen molar-refractivity contribution < 1.29 is 19.8 Å². The van der Waals surface area contributed by atoms with Crippen LogP contribution in [0.5, 0.6) is 0 Å². The van der Waals surface area contributed by atoms with Crippen molar-refractivity contribution in [3.05, 3.63) is 0 Å². The van der Waals surface area contributed by atoms with Gasteiger partial charge in [0.2, 0.25) is 5.91 Å². The zero-order valence-electron chi connectivity index (χ0n) is 17.0. The molecule has 0 aromatic rings. The van der Waals surface area contributed by atoms with Crippen molar-refractivity contribution in [1.82, 2.24) is 5.32 Å². The average molecular weight is 372 g/mol. The van der Waals surface area contributed by atoms with Crippen molar-refractivity contribution >= 4 is 11.9 Å². The highest BCUT2D eigenvalue weighted by atomic mass is 16.4. The number of unbranched alkanes of at least 4 members (excludes halogenated alkanes) is 5. The molecule has 1 amide bonds. The van der Waals surface area contributed by atoms with Crippen LogP contribution in [-0.2, 0) is 9.59 Å². The van der Waals surface area contributed by atoms with Crippen LogP contribution in [0.2, 0.25) is 0 Å². The van der Waals surface area contributed by atoms with Crippen molar-refractivity contribution in [2.45, 2.75) is 110 Å². The lowest BCUT2D eigenvalue weighted by atomic mass is 9.92. The van der Waals surface area contributed by atoms with E-state index in [1.54, 1.807) is 0 Å². The molecule has 0 aliphatic rings. The van der Waals surface area contributed by atoms with Crippen molar-refractivity contribution in [2.75, 3.05) is 6.54 Å². The number of hydrogen-bond donors (Lipinski definition) is 3. The predicted octanol–water partition coefficient (Wildman–Crippen LogP) is 4.67. The second kappa shape index (κ2) is 17.3. The summed E-state index contributed by atoms with van der Waals surface area (Å²) in [5, 5.41) is 21.7. The van der Waals surface area contributed by atoms with E-state index < -0.39 is 5.97 Å². The number of carboxylic acids is 1. The third kappa shape index (κ3) is 15.2. The van der Waals surface area contributed by atoms with Crippen molar-refractivity contribution in [2.24, 2.45) is 5.92 Å². The summed E-state index contributed by atoms with van der Waals surface area (Å²) in [6.45, 7) is 4.92. The highest BCUT2D eigenvalue weighted by molar-refractivity contribution is 5.78. The third-order valence-corrected chi connectivity index (χ3v) is 4.84. The van der Waals surface area contributed by atoms with E-state index in [4.69, 9.17) is 5.11 Å². The van der Waals surface area contributed by atoms with Crippen LogP contribution in [0.4, 0.5) is 0 Å². The fourth-order valence-corrected chi connectivity index (χ4v) is 3.19. The number of aliphatic hydroxyl groups is 1. The molecule has 26 heavy (non-hydrogen) atoms. The molecular formula is C21H41NO4. The van der Waals surface area contributed by atoms with Gasteiger partial charge in [0.15, 0.2) is 0 Å². The predicted molar refractivity (Wildman–Crippen MR) is 106 cm³/mol. The van der Waals surface area contributed by atoms with Gasteiger partial charge in [-0.25, -0.2) is 0 Å². The number of carboxylic acid groups (broad SMARTS) is 1. The lowest BCUT2D eigenvalue weighted by Gasteiger charge is -2.18. The Hall–Kier alpha value is -1.10. The van der Waals surface area contributed by atoms with Gasteiger partial charge < -0.3 is 15.5 Å². The normalized spacial score (nSPS) is 13.3. The van der Waals surface area contributed by atoms with Crippen molar-refractivity contribution in [3.63, 3.8) is 0 Å². The van der Waals surface area contributed by atoms with Crippen LogP contribution in [-0.4, -0.2) is 34.7 Å². The molecule has 5 nitrogen and oxygen atoms in total. The minimum atomic E-state index is -0.737. The van der Waals surface area contributed by atoms with Crippen LogP contribution in [0.3, 0.4) is 0 Å². The molecular weight excluding hydrogens is 330 g/mol.